The molecule has 150 valence electrons. The largest absolute Gasteiger partial charge is 0.449 e. The number of anilines is 1. The highest BCUT2D eigenvalue weighted by Crippen LogP contribution is 2.30. The third-order valence-corrected chi connectivity index (χ3v) is 5.15. The van der Waals surface area contributed by atoms with Crippen molar-refractivity contribution in [3.8, 4) is 0 Å². The van der Waals surface area contributed by atoms with Crippen molar-refractivity contribution in [2.45, 2.75) is 52.6 Å². The number of ether oxygens (including phenoxy) is 1. The molecule has 1 aliphatic carbocycles. The molecule has 0 saturated heterocycles. The van der Waals surface area contributed by atoms with Gasteiger partial charge in [-0.3, -0.25) is 15.1 Å². The van der Waals surface area contributed by atoms with Crippen LogP contribution in [0.2, 0.25) is 0 Å². The molecule has 0 fully saturated rings. The van der Waals surface area contributed by atoms with Gasteiger partial charge in [0, 0.05) is 17.1 Å². The number of hydrogen-bond acceptors (Lipinski definition) is 6. The zero-order chi connectivity index (χ0) is 20.5. The van der Waals surface area contributed by atoms with Crippen LogP contribution in [0.3, 0.4) is 0 Å². The fourth-order valence-corrected chi connectivity index (χ4v) is 3.69. The van der Waals surface area contributed by atoms with E-state index in [1.165, 1.54) is 6.92 Å². The average Bonchev–Trinajstić information content (AvgIpc) is 3.10. The van der Waals surface area contributed by atoms with Crippen LogP contribution in [0.15, 0.2) is 28.8 Å². The first-order chi connectivity index (χ1) is 13.9. The summed E-state index contributed by atoms with van der Waals surface area (Å²) in [6, 6.07) is 7.46. The topological polar surface area (TPSA) is 94.3 Å². The van der Waals surface area contributed by atoms with Crippen LogP contribution in [0.5, 0.6) is 0 Å². The molecule has 7 heteroatoms. The number of aryl methyl sites for hydroxylation is 3. The molecule has 1 N–H and O–H groups in total. The minimum atomic E-state index is -0.986. The Bertz CT molecular complexity index is 1100. The fourth-order valence-electron chi connectivity index (χ4n) is 3.69. The van der Waals surface area contributed by atoms with Gasteiger partial charge in [0.05, 0.1) is 16.8 Å². The van der Waals surface area contributed by atoms with E-state index in [9.17, 15) is 9.59 Å². The van der Waals surface area contributed by atoms with Crippen molar-refractivity contribution >= 4 is 28.7 Å². The van der Waals surface area contributed by atoms with Crippen LogP contribution in [-0.2, 0) is 22.4 Å². The van der Waals surface area contributed by atoms with Crippen molar-refractivity contribution in [2.75, 3.05) is 5.32 Å². The first-order valence-corrected chi connectivity index (χ1v) is 9.79. The Kier molecular flexibility index (Phi) is 5.05. The number of hydrogen-bond donors (Lipinski definition) is 1. The molecule has 0 saturated carbocycles. The standard InChI is InChI=1S/C22H23N3O4/c1-12-8-9-18-16(10-12)20(15-6-4-5-7-17(15)23-18)22(27)28-14(3)21(26)24-19-11-13(2)25-29-19/h8-11,14H,4-7H2,1-3H3,(H,24,26). The Morgan fingerprint density at radius 3 is 2.72 bits per heavy atom. The molecule has 0 bridgehead atoms. The molecule has 0 aliphatic heterocycles. The molecule has 1 atom stereocenters. The summed E-state index contributed by atoms with van der Waals surface area (Å²) in [6.07, 6.45) is 2.71. The first-order valence-electron chi connectivity index (χ1n) is 9.79. The number of fused-ring (bicyclic) bond motifs is 2. The maximum atomic E-state index is 13.1. The van der Waals surface area contributed by atoms with Crippen molar-refractivity contribution < 1.29 is 18.8 Å². The van der Waals surface area contributed by atoms with Crippen LogP contribution in [0.1, 0.15) is 52.6 Å². The third kappa shape index (κ3) is 3.85. The van der Waals surface area contributed by atoms with Crippen molar-refractivity contribution in [3.63, 3.8) is 0 Å². The van der Waals surface area contributed by atoms with Gasteiger partial charge in [-0.15, -0.1) is 0 Å². The predicted molar refractivity (Wildman–Crippen MR) is 108 cm³/mol. The van der Waals surface area contributed by atoms with Gasteiger partial charge in [0.25, 0.3) is 5.91 Å². The summed E-state index contributed by atoms with van der Waals surface area (Å²) >= 11 is 0. The Balaban J connectivity index is 1.63. The average molecular weight is 393 g/mol. The van der Waals surface area contributed by atoms with Gasteiger partial charge in [-0.25, -0.2) is 4.79 Å². The maximum Gasteiger partial charge on any atom is 0.339 e. The predicted octanol–water partition coefficient (Wildman–Crippen LogP) is 3.90. The van der Waals surface area contributed by atoms with E-state index >= 15 is 0 Å². The van der Waals surface area contributed by atoms with Gasteiger partial charge < -0.3 is 9.26 Å². The van der Waals surface area contributed by atoms with Gasteiger partial charge in [-0.1, -0.05) is 16.8 Å². The Morgan fingerprint density at radius 1 is 1.17 bits per heavy atom. The second kappa shape index (κ2) is 7.66. The number of aromatic nitrogens is 2. The maximum absolute atomic E-state index is 13.1. The SMILES string of the molecule is Cc1ccc2nc3c(c(C(=O)OC(C)C(=O)Nc4cc(C)no4)c2c1)CCCC3. The second-order valence-electron chi connectivity index (χ2n) is 7.51. The number of rotatable bonds is 4. The van der Waals surface area contributed by atoms with Crippen LogP contribution < -0.4 is 5.32 Å². The number of pyridine rings is 1. The summed E-state index contributed by atoms with van der Waals surface area (Å²) in [6.45, 7) is 5.27. The zero-order valence-electron chi connectivity index (χ0n) is 16.7. The van der Waals surface area contributed by atoms with E-state index in [1.54, 1.807) is 13.0 Å². The number of carbonyl (C=O) groups is 2. The number of nitrogens with zero attached hydrogens (tertiary/aromatic N) is 2. The quantitative estimate of drug-likeness (QED) is 0.676. The molecule has 1 aromatic carbocycles. The van der Waals surface area contributed by atoms with E-state index in [0.29, 0.717) is 11.3 Å². The Labute approximate surface area is 168 Å². The van der Waals surface area contributed by atoms with Crippen molar-refractivity contribution in [2.24, 2.45) is 0 Å². The smallest absolute Gasteiger partial charge is 0.339 e. The highest BCUT2D eigenvalue weighted by atomic mass is 16.5. The summed E-state index contributed by atoms with van der Waals surface area (Å²) in [5.74, 6) is -0.756. The fraction of sp³-hybridized carbons (Fsp3) is 0.364. The minimum absolute atomic E-state index is 0.220. The minimum Gasteiger partial charge on any atom is -0.449 e. The molecule has 1 amide bonds. The van der Waals surface area contributed by atoms with Crippen LogP contribution in [0.4, 0.5) is 5.88 Å². The number of benzene rings is 1. The lowest BCUT2D eigenvalue weighted by Crippen LogP contribution is -2.30. The van der Waals surface area contributed by atoms with Gasteiger partial charge in [-0.05, 0) is 64.2 Å². The van der Waals surface area contributed by atoms with Gasteiger partial charge in [-0.2, -0.15) is 0 Å². The number of nitrogens with one attached hydrogen (secondary N) is 1. The van der Waals surface area contributed by atoms with Crippen molar-refractivity contribution in [1.29, 1.82) is 0 Å². The van der Waals surface area contributed by atoms with Gasteiger partial charge in [0.1, 0.15) is 0 Å². The lowest BCUT2D eigenvalue weighted by Gasteiger charge is -2.21. The second-order valence-corrected chi connectivity index (χ2v) is 7.51. The first kappa shape index (κ1) is 19.1. The van der Waals surface area contributed by atoms with Crippen LogP contribution in [0, 0.1) is 13.8 Å². The molecule has 29 heavy (non-hydrogen) atoms. The molecule has 0 radical (unpaired) electrons. The van der Waals surface area contributed by atoms with E-state index in [-0.39, 0.29) is 5.88 Å². The van der Waals surface area contributed by atoms with E-state index in [2.05, 4.69) is 10.5 Å². The molecule has 3 aromatic rings. The highest BCUT2D eigenvalue weighted by molar-refractivity contribution is 6.06. The number of carbonyl (C=O) groups excluding carboxylic acids is 2. The van der Waals surface area contributed by atoms with Crippen molar-refractivity contribution in [3.05, 3.63) is 52.3 Å². The highest BCUT2D eigenvalue weighted by Gasteiger charge is 2.27. The lowest BCUT2D eigenvalue weighted by atomic mass is 9.89. The Hall–Kier alpha value is -3.22. The molecule has 1 aliphatic rings. The zero-order valence-corrected chi connectivity index (χ0v) is 16.7. The monoisotopic (exact) mass is 393 g/mol. The van der Waals surface area contributed by atoms with Crippen LogP contribution in [-0.4, -0.2) is 28.1 Å². The molecule has 1 unspecified atom stereocenters. The summed E-state index contributed by atoms with van der Waals surface area (Å²) in [4.78, 5) is 30.3. The number of esters is 1. The normalized spacial score (nSPS) is 14.3. The summed E-state index contributed by atoms with van der Waals surface area (Å²) in [5.41, 5.74) is 4.89. The van der Waals surface area contributed by atoms with E-state index in [4.69, 9.17) is 14.2 Å². The van der Waals surface area contributed by atoms with Crippen LogP contribution >= 0.6 is 0 Å². The van der Waals surface area contributed by atoms with Crippen LogP contribution in [0.25, 0.3) is 10.9 Å². The molecule has 2 aromatic heterocycles. The summed E-state index contributed by atoms with van der Waals surface area (Å²) in [7, 11) is 0. The third-order valence-electron chi connectivity index (χ3n) is 5.15. The van der Waals surface area contributed by atoms with Gasteiger partial charge >= 0.3 is 5.97 Å². The molecule has 0 spiro atoms. The molecule has 2 heterocycles. The summed E-state index contributed by atoms with van der Waals surface area (Å²) < 4.78 is 10.5. The summed E-state index contributed by atoms with van der Waals surface area (Å²) in [5, 5.41) is 7.07. The van der Waals surface area contributed by atoms with Crippen molar-refractivity contribution in [1.82, 2.24) is 10.1 Å². The number of amides is 1. The van der Waals surface area contributed by atoms with Gasteiger partial charge in [0.15, 0.2) is 6.10 Å². The van der Waals surface area contributed by atoms with E-state index < -0.39 is 18.0 Å². The molecular formula is C22H23N3O4. The van der Waals surface area contributed by atoms with E-state index in [0.717, 1.165) is 53.4 Å². The molecular weight excluding hydrogens is 370 g/mol. The van der Waals surface area contributed by atoms with Gasteiger partial charge in [0.2, 0.25) is 5.88 Å². The van der Waals surface area contributed by atoms with E-state index in [1.807, 2.05) is 25.1 Å². The molecule has 7 nitrogen and oxygen atoms in total. The lowest BCUT2D eigenvalue weighted by molar-refractivity contribution is -0.123. The molecule has 4 rings (SSSR count). The Morgan fingerprint density at radius 2 is 1.97 bits per heavy atom.